The van der Waals surface area contributed by atoms with Gasteiger partial charge in [-0.05, 0) is 67.4 Å². The Bertz CT molecular complexity index is 1090. The Balaban J connectivity index is 1.24. The van der Waals surface area contributed by atoms with Crippen molar-refractivity contribution in [3.63, 3.8) is 0 Å². The summed E-state index contributed by atoms with van der Waals surface area (Å²) in [6.07, 6.45) is 4.63. The summed E-state index contributed by atoms with van der Waals surface area (Å²) in [5.74, 6) is 1.17. The van der Waals surface area contributed by atoms with Crippen molar-refractivity contribution in [2.45, 2.75) is 31.9 Å². The second kappa shape index (κ2) is 10.8. The van der Waals surface area contributed by atoms with Gasteiger partial charge in [0.2, 0.25) is 0 Å². The van der Waals surface area contributed by atoms with Gasteiger partial charge in [-0.2, -0.15) is 4.98 Å². The van der Waals surface area contributed by atoms with E-state index in [2.05, 4.69) is 15.0 Å². The van der Waals surface area contributed by atoms with E-state index < -0.39 is 5.91 Å². The van der Waals surface area contributed by atoms with Gasteiger partial charge in [0.15, 0.2) is 12.4 Å². The molecule has 0 atom stereocenters. The molecule has 33 heavy (non-hydrogen) atoms. The molecule has 2 N–H and O–H groups in total. The van der Waals surface area contributed by atoms with Crippen LogP contribution in [0.2, 0.25) is 0 Å². The van der Waals surface area contributed by atoms with Crippen LogP contribution in [0.5, 0.6) is 5.75 Å². The number of nitrogens with zero attached hydrogens (tertiary/aromatic N) is 3. The maximum atomic E-state index is 13.4. The summed E-state index contributed by atoms with van der Waals surface area (Å²) < 4.78 is 24.5. The fraction of sp³-hybridized carbons (Fsp3) is 0.292. The summed E-state index contributed by atoms with van der Waals surface area (Å²) in [5.41, 5.74) is 3.30. The molecule has 1 fully saturated rings. The zero-order valence-electron chi connectivity index (χ0n) is 18.0. The van der Waals surface area contributed by atoms with Gasteiger partial charge in [-0.3, -0.25) is 14.9 Å². The lowest BCUT2D eigenvalue weighted by Crippen LogP contribution is -2.32. The fourth-order valence-corrected chi connectivity index (χ4v) is 3.76. The van der Waals surface area contributed by atoms with Crippen LogP contribution < -0.4 is 10.2 Å². The molecule has 1 aliphatic rings. The highest BCUT2D eigenvalue weighted by Gasteiger charge is 2.24. The van der Waals surface area contributed by atoms with Crippen molar-refractivity contribution in [1.29, 1.82) is 0 Å². The zero-order chi connectivity index (χ0) is 23.0. The molecule has 1 saturated heterocycles. The molecule has 0 bridgehead atoms. The molecule has 4 rings (SSSR count). The first kappa shape index (κ1) is 22.6. The first-order valence-corrected chi connectivity index (χ1v) is 10.7. The van der Waals surface area contributed by atoms with Gasteiger partial charge < -0.3 is 9.26 Å². The topological polar surface area (TPSA) is 101 Å². The Hall–Kier alpha value is -3.56. The average molecular weight is 452 g/mol. The first-order chi connectivity index (χ1) is 16.1. The third-order valence-corrected chi connectivity index (χ3v) is 5.51. The first-order valence-electron chi connectivity index (χ1n) is 10.7. The molecule has 1 aromatic heterocycles. The molecule has 1 amide bonds. The van der Waals surface area contributed by atoms with Crippen molar-refractivity contribution < 1.29 is 23.7 Å². The number of aromatic nitrogens is 2. The Morgan fingerprint density at radius 3 is 2.76 bits per heavy atom. The molecule has 172 valence electrons. The van der Waals surface area contributed by atoms with E-state index >= 15 is 0 Å². The standard InChI is InChI=1S/C24H25FN4O4/c25-20-3-1-2-18(14-20)15-29-12-10-19(11-13-29)24-26-23(33-28-24)16-32-21-7-4-17(5-8-21)6-9-22(30)27-31/h1-9,14,19,31H,10-13,15-16H2,(H,27,30)/b9-6+. The number of ether oxygens (including phenoxy) is 1. The summed E-state index contributed by atoms with van der Waals surface area (Å²) in [6.45, 7) is 2.68. The summed E-state index contributed by atoms with van der Waals surface area (Å²) >= 11 is 0. The van der Waals surface area contributed by atoms with Gasteiger partial charge in [0, 0.05) is 18.5 Å². The van der Waals surface area contributed by atoms with Gasteiger partial charge in [-0.25, -0.2) is 9.87 Å². The van der Waals surface area contributed by atoms with Gasteiger partial charge in [0.25, 0.3) is 11.8 Å². The molecule has 0 unspecified atom stereocenters. The van der Waals surface area contributed by atoms with Crippen LogP contribution in [-0.4, -0.2) is 39.2 Å². The number of hydrogen-bond acceptors (Lipinski definition) is 7. The minimum atomic E-state index is -0.597. The number of piperidine rings is 1. The van der Waals surface area contributed by atoms with Crippen LogP contribution in [0.1, 0.15) is 41.6 Å². The number of halogens is 1. The van der Waals surface area contributed by atoms with E-state index in [9.17, 15) is 9.18 Å². The molecule has 0 spiro atoms. The predicted octanol–water partition coefficient (Wildman–Crippen LogP) is 3.69. The number of benzene rings is 2. The number of likely N-dealkylation sites (tertiary alicyclic amines) is 1. The quantitative estimate of drug-likeness (QED) is 0.305. The van der Waals surface area contributed by atoms with E-state index in [0.717, 1.165) is 43.6 Å². The third kappa shape index (κ3) is 6.47. The van der Waals surface area contributed by atoms with Crippen LogP contribution in [0, 0.1) is 5.82 Å². The van der Waals surface area contributed by atoms with Crippen molar-refractivity contribution in [2.24, 2.45) is 0 Å². The van der Waals surface area contributed by atoms with E-state index in [0.29, 0.717) is 17.5 Å². The zero-order valence-corrected chi connectivity index (χ0v) is 18.0. The summed E-state index contributed by atoms with van der Waals surface area (Å²) in [4.78, 5) is 17.8. The van der Waals surface area contributed by atoms with Gasteiger partial charge in [0.1, 0.15) is 11.6 Å². The Morgan fingerprint density at radius 2 is 2.03 bits per heavy atom. The van der Waals surface area contributed by atoms with Gasteiger partial charge >= 0.3 is 0 Å². The molecule has 1 aliphatic heterocycles. The summed E-state index contributed by atoms with van der Waals surface area (Å²) in [6, 6.07) is 13.8. The van der Waals surface area contributed by atoms with E-state index in [-0.39, 0.29) is 18.3 Å². The van der Waals surface area contributed by atoms with E-state index in [1.165, 1.54) is 17.6 Å². The Morgan fingerprint density at radius 1 is 1.24 bits per heavy atom. The maximum Gasteiger partial charge on any atom is 0.267 e. The third-order valence-electron chi connectivity index (χ3n) is 5.51. The molecule has 0 aliphatic carbocycles. The second-order valence-electron chi connectivity index (χ2n) is 7.89. The van der Waals surface area contributed by atoms with E-state index in [4.69, 9.17) is 14.5 Å². The highest BCUT2D eigenvalue weighted by atomic mass is 19.1. The molecule has 0 radical (unpaired) electrons. The van der Waals surface area contributed by atoms with Crippen molar-refractivity contribution in [1.82, 2.24) is 20.5 Å². The normalized spacial score (nSPS) is 15.1. The highest BCUT2D eigenvalue weighted by molar-refractivity contribution is 5.90. The molecule has 8 nitrogen and oxygen atoms in total. The SMILES string of the molecule is O=C(/C=C/c1ccc(OCc2nc(C3CCN(Cc4cccc(F)c4)CC3)no2)cc1)NO. The maximum absolute atomic E-state index is 13.4. The molecular formula is C24H25FN4O4. The smallest absolute Gasteiger partial charge is 0.267 e. The minimum Gasteiger partial charge on any atom is -0.484 e. The molecule has 9 heteroatoms. The minimum absolute atomic E-state index is 0.160. The van der Waals surface area contributed by atoms with Crippen molar-refractivity contribution in [3.05, 3.63) is 83.3 Å². The summed E-state index contributed by atoms with van der Waals surface area (Å²) in [5, 5.41) is 12.6. The average Bonchev–Trinajstić information content (AvgIpc) is 3.31. The number of rotatable bonds is 8. The molecule has 3 aromatic rings. The van der Waals surface area contributed by atoms with Crippen molar-refractivity contribution in [2.75, 3.05) is 13.1 Å². The molecule has 2 heterocycles. The molecule has 2 aromatic carbocycles. The van der Waals surface area contributed by atoms with Crippen LogP contribution in [0.4, 0.5) is 4.39 Å². The number of hydroxylamine groups is 1. The van der Waals surface area contributed by atoms with Gasteiger partial charge in [-0.15, -0.1) is 0 Å². The molecule has 0 saturated carbocycles. The van der Waals surface area contributed by atoms with Gasteiger partial charge in [0.05, 0.1) is 0 Å². The number of hydrogen-bond donors (Lipinski definition) is 2. The van der Waals surface area contributed by atoms with E-state index in [1.54, 1.807) is 42.5 Å². The second-order valence-corrected chi connectivity index (χ2v) is 7.89. The number of carbonyl (C=O) groups is 1. The fourth-order valence-electron chi connectivity index (χ4n) is 3.76. The Labute approximate surface area is 190 Å². The van der Waals surface area contributed by atoms with Crippen LogP contribution in [0.25, 0.3) is 6.08 Å². The van der Waals surface area contributed by atoms with Crippen molar-refractivity contribution in [3.8, 4) is 5.75 Å². The van der Waals surface area contributed by atoms with Crippen molar-refractivity contribution >= 4 is 12.0 Å². The molecular weight excluding hydrogens is 427 g/mol. The van der Waals surface area contributed by atoms with Gasteiger partial charge in [-0.1, -0.05) is 29.4 Å². The van der Waals surface area contributed by atoms with Crippen LogP contribution in [0.3, 0.4) is 0 Å². The largest absolute Gasteiger partial charge is 0.484 e. The number of amides is 1. The van der Waals surface area contributed by atoms with Crippen LogP contribution >= 0.6 is 0 Å². The Kier molecular flexibility index (Phi) is 7.43. The summed E-state index contributed by atoms with van der Waals surface area (Å²) in [7, 11) is 0. The highest BCUT2D eigenvalue weighted by Crippen LogP contribution is 2.27. The lowest BCUT2D eigenvalue weighted by atomic mass is 9.96. The monoisotopic (exact) mass is 452 g/mol. The number of carbonyl (C=O) groups excluding carboxylic acids is 1. The van der Waals surface area contributed by atoms with Crippen LogP contribution in [-0.2, 0) is 17.9 Å². The number of nitrogens with one attached hydrogen (secondary N) is 1. The van der Waals surface area contributed by atoms with Crippen LogP contribution in [0.15, 0.2) is 59.1 Å². The predicted molar refractivity (Wildman–Crippen MR) is 118 cm³/mol. The lowest BCUT2D eigenvalue weighted by Gasteiger charge is -2.30. The lowest BCUT2D eigenvalue weighted by molar-refractivity contribution is -0.124. The van der Waals surface area contributed by atoms with E-state index in [1.807, 2.05) is 6.07 Å².